The molecule has 0 spiro atoms. The Hall–Kier alpha value is -1.57. The zero-order chi connectivity index (χ0) is 15.6. The number of nitrogens with two attached hydrogens (primary N) is 1. The number of rotatable bonds is 4. The van der Waals surface area contributed by atoms with Crippen LogP contribution in [0.4, 0.5) is 8.78 Å². The SMILES string of the molecule is N[C@H]1C[C@H](NC(=O)C(F)(F)C(O)c2ccccc2)[C@@H](O)C1. The monoisotopic (exact) mass is 300 g/mol. The normalized spacial score (nSPS) is 27.4. The third-order valence-corrected chi connectivity index (χ3v) is 3.64. The standard InChI is InChI=1S/C14H18F2N2O3/c15-14(16,12(20)8-4-2-1-3-5-8)13(21)18-10-6-9(17)7-11(10)19/h1-5,9-12,19-20H,6-7,17H2,(H,18,21)/t9-,10-,11-,12?/m0/s1. The van der Waals surface area contributed by atoms with Gasteiger partial charge in [-0.1, -0.05) is 30.3 Å². The molecule has 0 bridgehead atoms. The zero-order valence-electron chi connectivity index (χ0n) is 11.2. The molecule has 1 aromatic carbocycles. The van der Waals surface area contributed by atoms with Gasteiger partial charge in [0.2, 0.25) is 0 Å². The zero-order valence-corrected chi connectivity index (χ0v) is 11.2. The van der Waals surface area contributed by atoms with E-state index in [4.69, 9.17) is 5.73 Å². The van der Waals surface area contributed by atoms with Crippen LogP contribution in [0.5, 0.6) is 0 Å². The number of amides is 1. The largest absolute Gasteiger partial charge is 0.391 e. The number of aliphatic hydroxyl groups excluding tert-OH is 2. The van der Waals surface area contributed by atoms with E-state index in [0.717, 1.165) is 0 Å². The van der Waals surface area contributed by atoms with E-state index in [-0.39, 0.29) is 24.4 Å². The Morgan fingerprint density at radius 2 is 1.95 bits per heavy atom. The summed E-state index contributed by atoms with van der Waals surface area (Å²) in [7, 11) is 0. The van der Waals surface area contributed by atoms with Gasteiger partial charge in [0.1, 0.15) is 0 Å². The topological polar surface area (TPSA) is 95.6 Å². The highest BCUT2D eigenvalue weighted by Crippen LogP contribution is 2.32. The van der Waals surface area contributed by atoms with Gasteiger partial charge in [0.05, 0.1) is 12.1 Å². The molecule has 0 saturated heterocycles. The van der Waals surface area contributed by atoms with Crippen molar-refractivity contribution in [3.8, 4) is 0 Å². The van der Waals surface area contributed by atoms with Crippen LogP contribution in [0.3, 0.4) is 0 Å². The number of hydrogen-bond acceptors (Lipinski definition) is 4. The molecule has 4 atom stereocenters. The molecule has 0 radical (unpaired) electrons. The molecule has 116 valence electrons. The highest BCUT2D eigenvalue weighted by Gasteiger charge is 2.49. The number of benzene rings is 1. The van der Waals surface area contributed by atoms with E-state index in [9.17, 15) is 23.8 Å². The number of alkyl halides is 2. The maximum atomic E-state index is 14.0. The van der Waals surface area contributed by atoms with Gasteiger partial charge in [0.15, 0.2) is 6.10 Å². The number of nitrogens with one attached hydrogen (secondary N) is 1. The predicted molar refractivity (Wildman–Crippen MR) is 71.5 cm³/mol. The smallest absolute Gasteiger partial charge is 0.353 e. The van der Waals surface area contributed by atoms with Crippen LogP contribution in [-0.2, 0) is 4.79 Å². The Morgan fingerprint density at radius 1 is 1.33 bits per heavy atom. The van der Waals surface area contributed by atoms with Crippen molar-refractivity contribution < 1.29 is 23.8 Å². The third kappa shape index (κ3) is 3.37. The lowest BCUT2D eigenvalue weighted by atomic mass is 10.0. The molecule has 1 amide bonds. The van der Waals surface area contributed by atoms with Crippen molar-refractivity contribution in [2.24, 2.45) is 5.73 Å². The minimum Gasteiger partial charge on any atom is -0.391 e. The van der Waals surface area contributed by atoms with Crippen LogP contribution in [0.25, 0.3) is 0 Å². The summed E-state index contributed by atoms with van der Waals surface area (Å²) in [5.74, 6) is -5.61. The Bertz CT molecular complexity index is 498. The number of halogens is 2. The maximum absolute atomic E-state index is 14.0. The molecule has 1 aliphatic rings. The molecule has 1 fully saturated rings. The van der Waals surface area contributed by atoms with E-state index in [1.807, 2.05) is 0 Å². The summed E-state index contributed by atoms with van der Waals surface area (Å²) in [6.07, 6.45) is -2.72. The summed E-state index contributed by atoms with van der Waals surface area (Å²) in [6.45, 7) is 0. The van der Waals surface area contributed by atoms with Gasteiger partial charge < -0.3 is 21.3 Å². The fourth-order valence-corrected chi connectivity index (χ4v) is 2.44. The summed E-state index contributed by atoms with van der Waals surface area (Å²) in [5, 5.41) is 21.4. The number of carbonyl (C=O) groups excluding carboxylic acids is 1. The fraction of sp³-hybridized carbons (Fsp3) is 0.500. The second-order valence-electron chi connectivity index (χ2n) is 5.31. The third-order valence-electron chi connectivity index (χ3n) is 3.64. The van der Waals surface area contributed by atoms with Gasteiger partial charge >= 0.3 is 5.92 Å². The van der Waals surface area contributed by atoms with E-state index >= 15 is 0 Å². The molecule has 7 heteroatoms. The Labute approximate surface area is 120 Å². The second-order valence-corrected chi connectivity index (χ2v) is 5.31. The van der Waals surface area contributed by atoms with E-state index < -0.39 is 30.1 Å². The minimum absolute atomic E-state index is 0.0543. The number of hydrogen-bond donors (Lipinski definition) is 4. The lowest BCUT2D eigenvalue weighted by Crippen LogP contribution is -2.50. The van der Waals surface area contributed by atoms with Crippen molar-refractivity contribution >= 4 is 5.91 Å². The highest BCUT2D eigenvalue weighted by molar-refractivity contribution is 5.84. The van der Waals surface area contributed by atoms with Crippen LogP contribution in [0.2, 0.25) is 0 Å². The minimum atomic E-state index is -3.99. The summed E-state index contributed by atoms with van der Waals surface area (Å²) >= 11 is 0. The molecule has 1 saturated carbocycles. The number of carbonyl (C=O) groups is 1. The molecule has 1 aliphatic carbocycles. The lowest BCUT2D eigenvalue weighted by Gasteiger charge is -2.25. The van der Waals surface area contributed by atoms with Gasteiger partial charge in [-0.25, -0.2) is 0 Å². The number of aliphatic hydroxyl groups is 2. The van der Waals surface area contributed by atoms with Crippen LogP contribution in [0.1, 0.15) is 24.5 Å². The quantitative estimate of drug-likeness (QED) is 0.644. The second kappa shape index (κ2) is 6.05. The molecule has 1 unspecified atom stereocenters. The van der Waals surface area contributed by atoms with Crippen LogP contribution in [-0.4, -0.2) is 40.2 Å². The van der Waals surface area contributed by atoms with Gasteiger partial charge in [-0.3, -0.25) is 4.79 Å². The first-order chi connectivity index (χ1) is 9.82. The van der Waals surface area contributed by atoms with Crippen LogP contribution >= 0.6 is 0 Å². The van der Waals surface area contributed by atoms with Crippen molar-refractivity contribution in [2.75, 3.05) is 0 Å². The first kappa shape index (κ1) is 15.8. The highest BCUT2D eigenvalue weighted by atomic mass is 19.3. The molecular formula is C14H18F2N2O3. The van der Waals surface area contributed by atoms with Gasteiger partial charge in [-0.15, -0.1) is 0 Å². The Morgan fingerprint density at radius 3 is 2.48 bits per heavy atom. The summed E-state index contributed by atoms with van der Waals surface area (Å²) < 4.78 is 28.0. The average molecular weight is 300 g/mol. The van der Waals surface area contributed by atoms with Crippen molar-refractivity contribution in [3.63, 3.8) is 0 Å². The molecule has 0 heterocycles. The predicted octanol–water partition coefficient (Wildman–Crippen LogP) is 0.322. The molecule has 0 aromatic heterocycles. The summed E-state index contributed by atoms with van der Waals surface area (Å²) in [6, 6.07) is 6.07. The summed E-state index contributed by atoms with van der Waals surface area (Å²) in [5.41, 5.74) is 5.55. The van der Waals surface area contributed by atoms with Crippen molar-refractivity contribution in [3.05, 3.63) is 35.9 Å². The van der Waals surface area contributed by atoms with Crippen LogP contribution < -0.4 is 11.1 Å². The Balaban J connectivity index is 2.06. The average Bonchev–Trinajstić information content (AvgIpc) is 2.76. The van der Waals surface area contributed by atoms with Crippen molar-refractivity contribution in [1.82, 2.24) is 5.32 Å². The van der Waals surface area contributed by atoms with Gasteiger partial charge in [-0.05, 0) is 18.4 Å². The lowest BCUT2D eigenvalue weighted by molar-refractivity contribution is -0.165. The molecule has 2 rings (SSSR count). The molecular weight excluding hydrogens is 282 g/mol. The Kier molecular flexibility index (Phi) is 4.55. The first-order valence-electron chi connectivity index (χ1n) is 6.67. The van der Waals surface area contributed by atoms with E-state index in [1.165, 1.54) is 24.3 Å². The van der Waals surface area contributed by atoms with Gasteiger partial charge in [0, 0.05) is 6.04 Å². The van der Waals surface area contributed by atoms with Gasteiger partial charge in [-0.2, -0.15) is 8.78 Å². The molecule has 21 heavy (non-hydrogen) atoms. The van der Waals surface area contributed by atoms with Crippen molar-refractivity contribution in [2.45, 2.75) is 43.1 Å². The summed E-state index contributed by atoms with van der Waals surface area (Å²) in [4.78, 5) is 11.7. The van der Waals surface area contributed by atoms with Crippen LogP contribution in [0.15, 0.2) is 30.3 Å². The van der Waals surface area contributed by atoms with E-state index in [0.29, 0.717) is 0 Å². The molecule has 5 N–H and O–H groups in total. The van der Waals surface area contributed by atoms with Gasteiger partial charge in [0.25, 0.3) is 5.91 Å². The first-order valence-corrected chi connectivity index (χ1v) is 6.67. The fourth-order valence-electron chi connectivity index (χ4n) is 2.44. The molecule has 0 aliphatic heterocycles. The van der Waals surface area contributed by atoms with E-state index in [2.05, 4.69) is 5.32 Å². The maximum Gasteiger partial charge on any atom is 0.353 e. The van der Waals surface area contributed by atoms with Crippen LogP contribution in [0, 0.1) is 0 Å². The van der Waals surface area contributed by atoms with Crippen molar-refractivity contribution in [1.29, 1.82) is 0 Å². The molecule has 1 aromatic rings. The molecule has 5 nitrogen and oxygen atoms in total. The van der Waals surface area contributed by atoms with E-state index in [1.54, 1.807) is 6.07 Å².